The van der Waals surface area contributed by atoms with E-state index >= 15 is 0 Å². The zero-order chi connectivity index (χ0) is 12.0. The first-order valence-corrected chi connectivity index (χ1v) is 6.77. The molecule has 92 valence electrons. The summed E-state index contributed by atoms with van der Waals surface area (Å²) in [6.07, 6.45) is 7.96. The van der Waals surface area contributed by atoms with E-state index in [0.717, 1.165) is 12.8 Å². The lowest BCUT2D eigenvalue weighted by Crippen LogP contribution is -2.44. The maximum absolute atomic E-state index is 11.3. The van der Waals surface area contributed by atoms with Gasteiger partial charge in [0.25, 0.3) is 0 Å². The lowest BCUT2D eigenvalue weighted by atomic mass is 9.88. The van der Waals surface area contributed by atoms with Gasteiger partial charge in [0.05, 0.1) is 7.11 Å². The topological polar surface area (TPSA) is 55.4 Å². The fraction of sp³-hybridized carbons (Fsp3) is 0.818. The van der Waals surface area contributed by atoms with Crippen LogP contribution in [0.1, 0.15) is 32.1 Å². The Kier molecular flexibility index (Phi) is 5.12. The van der Waals surface area contributed by atoms with Crippen LogP contribution in [0.25, 0.3) is 0 Å². The molecule has 0 aliphatic heterocycles. The van der Waals surface area contributed by atoms with E-state index in [4.69, 9.17) is 0 Å². The van der Waals surface area contributed by atoms with Gasteiger partial charge in [0.15, 0.2) is 0 Å². The molecule has 1 fully saturated rings. The van der Waals surface area contributed by atoms with Gasteiger partial charge in [-0.15, -0.1) is 0 Å². The summed E-state index contributed by atoms with van der Waals surface area (Å²) in [4.78, 5) is 22.2. The third-order valence-corrected chi connectivity index (χ3v) is 4.56. The monoisotopic (exact) mass is 245 g/mol. The van der Waals surface area contributed by atoms with E-state index in [-0.39, 0.29) is 4.75 Å². The van der Waals surface area contributed by atoms with Crippen LogP contribution >= 0.6 is 11.8 Å². The molecule has 0 saturated heterocycles. The van der Waals surface area contributed by atoms with E-state index in [0.29, 0.717) is 6.54 Å². The number of carbonyl (C=O) groups excluding carboxylic acids is 2. The van der Waals surface area contributed by atoms with Gasteiger partial charge in [-0.25, -0.2) is 4.79 Å². The molecule has 1 amide bonds. The highest BCUT2D eigenvalue weighted by Crippen LogP contribution is 2.37. The molecule has 4 nitrogen and oxygen atoms in total. The highest BCUT2D eigenvalue weighted by atomic mass is 32.2. The lowest BCUT2D eigenvalue weighted by molar-refractivity contribution is -0.152. The molecule has 1 saturated carbocycles. The van der Waals surface area contributed by atoms with Crippen molar-refractivity contribution in [3.63, 3.8) is 0 Å². The SMILES string of the molecule is COC(=O)C(=O)NCC1(SC)CCCCC1. The Morgan fingerprint density at radius 3 is 2.44 bits per heavy atom. The highest BCUT2D eigenvalue weighted by molar-refractivity contribution is 8.00. The number of esters is 1. The smallest absolute Gasteiger partial charge is 0.396 e. The predicted octanol–water partition coefficient (Wildman–Crippen LogP) is 1.34. The van der Waals surface area contributed by atoms with Gasteiger partial charge < -0.3 is 10.1 Å². The van der Waals surface area contributed by atoms with Gasteiger partial charge in [0.1, 0.15) is 0 Å². The number of rotatable bonds is 3. The first kappa shape index (κ1) is 13.4. The van der Waals surface area contributed by atoms with E-state index in [2.05, 4.69) is 16.3 Å². The number of nitrogens with one attached hydrogen (secondary N) is 1. The van der Waals surface area contributed by atoms with Crippen molar-refractivity contribution in [2.75, 3.05) is 19.9 Å². The van der Waals surface area contributed by atoms with Gasteiger partial charge in [-0.3, -0.25) is 4.79 Å². The zero-order valence-electron chi connectivity index (χ0n) is 9.88. The van der Waals surface area contributed by atoms with Crippen LogP contribution in [0.2, 0.25) is 0 Å². The van der Waals surface area contributed by atoms with Crippen LogP contribution in [0.3, 0.4) is 0 Å². The summed E-state index contributed by atoms with van der Waals surface area (Å²) >= 11 is 1.79. The molecule has 0 bridgehead atoms. The summed E-state index contributed by atoms with van der Waals surface area (Å²) in [5.41, 5.74) is 0. The van der Waals surface area contributed by atoms with Crippen molar-refractivity contribution in [1.29, 1.82) is 0 Å². The summed E-state index contributed by atoms with van der Waals surface area (Å²) < 4.78 is 4.47. The first-order valence-electron chi connectivity index (χ1n) is 5.55. The normalized spacial score (nSPS) is 18.9. The van der Waals surface area contributed by atoms with Crippen LogP contribution in [-0.4, -0.2) is 36.5 Å². The minimum atomic E-state index is -0.813. The molecule has 16 heavy (non-hydrogen) atoms. The van der Waals surface area contributed by atoms with Crippen LogP contribution < -0.4 is 5.32 Å². The van der Waals surface area contributed by atoms with Crippen molar-refractivity contribution in [3.8, 4) is 0 Å². The number of ether oxygens (including phenoxy) is 1. The number of methoxy groups -OCH3 is 1. The van der Waals surface area contributed by atoms with Crippen LogP contribution in [-0.2, 0) is 14.3 Å². The molecule has 0 atom stereocenters. The van der Waals surface area contributed by atoms with Crippen LogP contribution in [0, 0.1) is 0 Å². The maximum Gasteiger partial charge on any atom is 0.396 e. The summed E-state index contributed by atoms with van der Waals surface area (Å²) in [5.74, 6) is -1.45. The van der Waals surface area contributed by atoms with E-state index in [9.17, 15) is 9.59 Å². The average molecular weight is 245 g/mol. The second-order valence-electron chi connectivity index (χ2n) is 4.12. The van der Waals surface area contributed by atoms with Gasteiger partial charge in [-0.1, -0.05) is 19.3 Å². The quantitative estimate of drug-likeness (QED) is 0.602. The minimum Gasteiger partial charge on any atom is -0.462 e. The number of hydrogen-bond donors (Lipinski definition) is 1. The minimum absolute atomic E-state index is 0.113. The van der Waals surface area contributed by atoms with Crippen LogP contribution in [0.5, 0.6) is 0 Å². The maximum atomic E-state index is 11.3. The van der Waals surface area contributed by atoms with Crippen molar-refractivity contribution in [3.05, 3.63) is 0 Å². The predicted molar refractivity (Wildman–Crippen MR) is 64.4 cm³/mol. The first-order chi connectivity index (χ1) is 7.63. The fourth-order valence-electron chi connectivity index (χ4n) is 2.06. The molecule has 0 aromatic rings. The van der Waals surface area contributed by atoms with Crippen molar-refractivity contribution >= 4 is 23.6 Å². The summed E-state index contributed by atoms with van der Waals surface area (Å²) in [6, 6.07) is 0. The van der Waals surface area contributed by atoms with Gasteiger partial charge in [-0.05, 0) is 19.1 Å². The molecule has 0 heterocycles. The molecule has 1 aliphatic carbocycles. The van der Waals surface area contributed by atoms with E-state index in [1.807, 2.05) is 0 Å². The Morgan fingerprint density at radius 2 is 1.94 bits per heavy atom. The Bertz CT molecular complexity index is 262. The Balaban J connectivity index is 2.44. The highest BCUT2D eigenvalue weighted by Gasteiger charge is 2.32. The Labute approximate surface area is 100 Å². The zero-order valence-corrected chi connectivity index (χ0v) is 10.7. The van der Waals surface area contributed by atoms with Gasteiger partial charge in [0, 0.05) is 11.3 Å². The molecular weight excluding hydrogens is 226 g/mol. The molecule has 5 heteroatoms. The molecule has 1 rings (SSSR count). The third kappa shape index (κ3) is 3.40. The van der Waals surface area contributed by atoms with Crippen molar-refractivity contribution in [1.82, 2.24) is 5.32 Å². The Hall–Kier alpha value is -0.710. The number of carbonyl (C=O) groups is 2. The molecule has 0 radical (unpaired) electrons. The lowest BCUT2D eigenvalue weighted by Gasteiger charge is -2.35. The third-order valence-electron chi connectivity index (χ3n) is 3.14. The second-order valence-corrected chi connectivity index (χ2v) is 5.40. The summed E-state index contributed by atoms with van der Waals surface area (Å²) in [6.45, 7) is 0.558. The van der Waals surface area contributed by atoms with Crippen molar-refractivity contribution in [2.45, 2.75) is 36.9 Å². The van der Waals surface area contributed by atoms with E-state index in [1.54, 1.807) is 11.8 Å². The van der Waals surface area contributed by atoms with Crippen LogP contribution in [0.4, 0.5) is 0 Å². The number of hydrogen-bond acceptors (Lipinski definition) is 4. The Morgan fingerprint density at radius 1 is 1.31 bits per heavy atom. The average Bonchev–Trinajstić information content (AvgIpc) is 2.36. The van der Waals surface area contributed by atoms with E-state index in [1.165, 1.54) is 26.4 Å². The largest absolute Gasteiger partial charge is 0.462 e. The molecule has 0 aromatic carbocycles. The van der Waals surface area contributed by atoms with Gasteiger partial charge >= 0.3 is 11.9 Å². The molecule has 1 N–H and O–H groups in total. The second kappa shape index (κ2) is 6.13. The van der Waals surface area contributed by atoms with Crippen LogP contribution in [0.15, 0.2) is 0 Å². The molecule has 0 unspecified atom stereocenters. The standard InChI is InChI=1S/C11H19NO3S/c1-15-10(14)9(13)12-8-11(16-2)6-4-3-5-7-11/h3-8H2,1-2H3,(H,12,13). The molecular formula is C11H19NO3S. The number of amides is 1. The molecule has 1 aliphatic rings. The van der Waals surface area contributed by atoms with Crippen molar-refractivity contribution in [2.24, 2.45) is 0 Å². The molecule has 0 spiro atoms. The summed E-state index contributed by atoms with van der Waals surface area (Å²) in [7, 11) is 1.22. The molecule has 0 aromatic heterocycles. The van der Waals surface area contributed by atoms with Gasteiger partial charge in [-0.2, -0.15) is 11.8 Å². The fourth-order valence-corrected chi connectivity index (χ4v) is 2.97. The van der Waals surface area contributed by atoms with Crippen molar-refractivity contribution < 1.29 is 14.3 Å². The summed E-state index contributed by atoms with van der Waals surface area (Å²) in [5, 5.41) is 2.66. The van der Waals surface area contributed by atoms with Gasteiger partial charge in [0.2, 0.25) is 0 Å². The van der Waals surface area contributed by atoms with E-state index < -0.39 is 11.9 Å². The number of thioether (sulfide) groups is 1.